The first-order valence-corrected chi connectivity index (χ1v) is 4.90. The summed E-state index contributed by atoms with van der Waals surface area (Å²) in [6.07, 6.45) is 8.67. The molecule has 1 aliphatic carbocycles. The number of nitrogens with one attached hydrogen (secondary N) is 1. The van der Waals surface area contributed by atoms with Gasteiger partial charge >= 0.3 is 5.97 Å². The Morgan fingerprint density at radius 2 is 2.25 bits per heavy atom. The molecule has 1 unspecified atom stereocenters. The van der Waals surface area contributed by atoms with E-state index in [-0.39, 0.29) is 17.9 Å². The summed E-state index contributed by atoms with van der Waals surface area (Å²) in [5.41, 5.74) is -0.535. The van der Waals surface area contributed by atoms with Crippen LogP contribution in [0.2, 0.25) is 0 Å². The molecule has 0 saturated heterocycles. The highest BCUT2D eigenvalue weighted by atomic mass is 16.5. The van der Waals surface area contributed by atoms with Gasteiger partial charge in [-0.25, -0.2) is 4.79 Å². The second kappa shape index (κ2) is 4.79. The fraction of sp³-hybridized carbons (Fsp3) is 0.333. The van der Waals surface area contributed by atoms with Crippen molar-refractivity contribution in [3.63, 3.8) is 0 Å². The fourth-order valence-corrected chi connectivity index (χ4v) is 1.45. The fourth-order valence-electron chi connectivity index (χ4n) is 1.45. The van der Waals surface area contributed by atoms with Gasteiger partial charge in [0.2, 0.25) is 0 Å². The molecule has 0 amide bonds. The minimum Gasteiger partial charge on any atom is -0.508 e. The monoisotopic (exact) mass is 221 g/mol. The van der Waals surface area contributed by atoms with Gasteiger partial charge in [-0.3, -0.25) is 5.41 Å². The van der Waals surface area contributed by atoms with Gasteiger partial charge in [0, 0.05) is 11.8 Å². The van der Waals surface area contributed by atoms with Crippen molar-refractivity contribution in [3.05, 3.63) is 36.1 Å². The van der Waals surface area contributed by atoms with Gasteiger partial charge in [0.15, 0.2) is 0 Å². The number of hydrogen-bond donors (Lipinski definition) is 2. The molecule has 0 radical (unpaired) electrons. The molecule has 0 aromatic heterocycles. The highest BCUT2D eigenvalue weighted by molar-refractivity contribution is 6.35. The van der Waals surface area contributed by atoms with Crippen LogP contribution < -0.4 is 0 Å². The van der Waals surface area contributed by atoms with E-state index in [0.717, 1.165) is 0 Å². The maximum absolute atomic E-state index is 11.1. The van der Waals surface area contributed by atoms with Crippen LogP contribution in [-0.4, -0.2) is 23.9 Å². The van der Waals surface area contributed by atoms with Gasteiger partial charge in [0.25, 0.3) is 0 Å². The summed E-state index contributed by atoms with van der Waals surface area (Å²) in [5, 5.41) is 16.8. The number of methoxy groups -OCH3 is 1. The van der Waals surface area contributed by atoms with Gasteiger partial charge in [0.05, 0.1) is 7.11 Å². The molecule has 0 aromatic carbocycles. The molecule has 0 heterocycles. The van der Waals surface area contributed by atoms with E-state index >= 15 is 0 Å². The first-order valence-electron chi connectivity index (χ1n) is 4.90. The van der Waals surface area contributed by atoms with E-state index in [1.807, 2.05) is 13.0 Å². The Kier molecular flexibility index (Phi) is 3.66. The third-order valence-corrected chi connectivity index (χ3v) is 2.37. The Hall–Kier alpha value is -1.84. The van der Waals surface area contributed by atoms with Crippen LogP contribution in [0.3, 0.4) is 0 Å². The lowest BCUT2D eigenvalue weighted by atomic mass is 9.84. The van der Waals surface area contributed by atoms with E-state index in [0.29, 0.717) is 0 Å². The minimum absolute atomic E-state index is 0.0827. The zero-order valence-corrected chi connectivity index (χ0v) is 9.36. The molecule has 1 rings (SSSR count). The average molecular weight is 221 g/mol. The zero-order chi connectivity index (χ0) is 12.2. The molecule has 0 fully saturated rings. The number of aliphatic hydroxyl groups excluding tert-OH is 1. The number of aliphatic hydroxyl groups is 1. The van der Waals surface area contributed by atoms with Crippen molar-refractivity contribution in [1.29, 1.82) is 5.41 Å². The molecule has 0 bridgehead atoms. The molecule has 4 heteroatoms. The van der Waals surface area contributed by atoms with Gasteiger partial charge in [-0.2, -0.15) is 0 Å². The van der Waals surface area contributed by atoms with Crippen LogP contribution in [0.15, 0.2) is 36.1 Å². The summed E-state index contributed by atoms with van der Waals surface area (Å²) in [7, 11) is 1.26. The third-order valence-electron chi connectivity index (χ3n) is 2.37. The molecule has 0 aliphatic heterocycles. The second-order valence-corrected chi connectivity index (χ2v) is 3.94. The van der Waals surface area contributed by atoms with E-state index in [4.69, 9.17) is 5.41 Å². The SMILES string of the molecule is COC(=O)C(=N)CC1(C)C=CC=C(O)C=C1. The van der Waals surface area contributed by atoms with Crippen LogP contribution >= 0.6 is 0 Å². The number of rotatable bonds is 3. The smallest absolute Gasteiger partial charge is 0.351 e. The Balaban J connectivity index is 2.78. The van der Waals surface area contributed by atoms with Crippen molar-refractivity contribution in [2.24, 2.45) is 5.41 Å². The van der Waals surface area contributed by atoms with E-state index in [2.05, 4.69) is 4.74 Å². The van der Waals surface area contributed by atoms with Gasteiger partial charge in [-0.05, 0) is 12.2 Å². The molecule has 1 atom stereocenters. The number of carbonyl (C=O) groups is 1. The maximum atomic E-state index is 11.1. The van der Waals surface area contributed by atoms with E-state index < -0.39 is 11.4 Å². The molecule has 86 valence electrons. The van der Waals surface area contributed by atoms with E-state index in [9.17, 15) is 9.90 Å². The summed E-state index contributed by atoms with van der Waals surface area (Å²) in [6, 6.07) is 0. The minimum atomic E-state index is -0.621. The average Bonchev–Trinajstić information content (AvgIpc) is 2.40. The molecule has 1 aliphatic rings. The van der Waals surface area contributed by atoms with E-state index in [1.165, 1.54) is 7.11 Å². The molecule has 4 nitrogen and oxygen atoms in total. The predicted octanol–water partition coefficient (Wildman–Crippen LogP) is 2.14. The molecule has 0 saturated carbocycles. The standard InChI is InChI=1S/C12H15NO3/c1-12(8-10(13)11(15)16-2)6-3-4-9(14)5-7-12/h3-7,13-14H,8H2,1-2H3. The Morgan fingerprint density at radius 1 is 1.56 bits per heavy atom. The first kappa shape index (κ1) is 12.2. The summed E-state index contributed by atoms with van der Waals surface area (Å²) < 4.78 is 4.48. The first-order chi connectivity index (χ1) is 7.47. The summed E-state index contributed by atoms with van der Waals surface area (Å²) in [4.78, 5) is 11.1. The molecule has 16 heavy (non-hydrogen) atoms. The second-order valence-electron chi connectivity index (χ2n) is 3.94. The number of esters is 1. The van der Waals surface area contributed by atoms with Gasteiger partial charge in [-0.1, -0.05) is 25.2 Å². The molecular formula is C12H15NO3. The number of hydrogen-bond acceptors (Lipinski definition) is 4. The quantitative estimate of drug-likeness (QED) is 0.566. The number of carbonyl (C=O) groups excluding carboxylic acids is 1. The van der Waals surface area contributed by atoms with Crippen LogP contribution in [0.1, 0.15) is 13.3 Å². The van der Waals surface area contributed by atoms with Crippen molar-refractivity contribution in [3.8, 4) is 0 Å². The largest absolute Gasteiger partial charge is 0.508 e. The highest BCUT2D eigenvalue weighted by Crippen LogP contribution is 2.28. The number of ether oxygens (including phenoxy) is 1. The Morgan fingerprint density at radius 3 is 2.88 bits per heavy atom. The lowest BCUT2D eigenvalue weighted by molar-refractivity contribution is -0.133. The van der Waals surface area contributed by atoms with Crippen molar-refractivity contribution in [2.75, 3.05) is 7.11 Å². The van der Waals surface area contributed by atoms with Crippen molar-refractivity contribution in [1.82, 2.24) is 0 Å². The molecule has 2 N–H and O–H groups in total. The normalized spacial score (nSPS) is 23.5. The maximum Gasteiger partial charge on any atom is 0.351 e. The number of allylic oxidation sites excluding steroid dienone is 5. The topological polar surface area (TPSA) is 70.4 Å². The summed E-state index contributed by atoms with van der Waals surface area (Å²) >= 11 is 0. The van der Waals surface area contributed by atoms with Crippen LogP contribution in [0.4, 0.5) is 0 Å². The molecule has 0 spiro atoms. The van der Waals surface area contributed by atoms with E-state index in [1.54, 1.807) is 24.3 Å². The highest BCUT2D eigenvalue weighted by Gasteiger charge is 2.24. The van der Waals surface area contributed by atoms with Crippen LogP contribution in [-0.2, 0) is 9.53 Å². The summed E-state index contributed by atoms with van der Waals surface area (Å²) in [6.45, 7) is 1.88. The lowest BCUT2D eigenvalue weighted by Gasteiger charge is -2.20. The summed E-state index contributed by atoms with van der Waals surface area (Å²) in [5.74, 6) is -0.464. The molecular weight excluding hydrogens is 206 g/mol. The van der Waals surface area contributed by atoms with Crippen molar-refractivity contribution in [2.45, 2.75) is 13.3 Å². The van der Waals surface area contributed by atoms with Crippen molar-refractivity contribution < 1.29 is 14.6 Å². The van der Waals surface area contributed by atoms with Gasteiger partial charge in [-0.15, -0.1) is 0 Å². The third kappa shape index (κ3) is 3.08. The van der Waals surface area contributed by atoms with Crippen molar-refractivity contribution >= 4 is 11.7 Å². The zero-order valence-electron chi connectivity index (χ0n) is 9.36. The van der Waals surface area contributed by atoms with Gasteiger partial charge < -0.3 is 9.84 Å². The molecule has 0 aromatic rings. The Labute approximate surface area is 94.4 Å². The van der Waals surface area contributed by atoms with Crippen LogP contribution in [0.5, 0.6) is 0 Å². The predicted molar refractivity (Wildman–Crippen MR) is 61.5 cm³/mol. The Bertz CT molecular complexity index is 393. The van der Waals surface area contributed by atoms with Crippen LogP contribution in [0.25, 0.3) is 0 Å². The van der Waals surface area contributed by atoms with Crippen LogP contribution in [0, 0.1) is 10.8 Å². The van der Waals surface area contributed by atoms with Gasteiger partial charge in [0.1, 0.15) is 11.5 Å². The lowest BCUT2D eigenvalue weighted by Crippen LogP contribution is -2.22.